The highest BCUT2D eigenvalue weighted by molar-refractivity contribution is 5.43. The molecule has 2 N–H and O–H groups in total. The van der Waals surface area contributed by atoms with Gasteiger partial charge in [0, 0.05) is 6.04 Å². The first-order chi connectivity index (χ1) is 8.12. The Morgan fingerprint density at radius 2 is 1.88 bits per heavy atom. The lowest BCUT2D eigenvalue weighted by atomic mass is 10.1. The van der Waals surface area contributed by atoms with E-state index in [0.717, 1.165) is 12.0 Å². The SMILES string of the molecule is CCC(C)NC(O)c1ccc(OC)c(OC)c1. The molecule has 4 nitrogen and oxygen atoms in total. The Bertz CT molecular complexity index is 355. The van der Waals surface area contributed by atoms with Gasteiger partial charge in [-0.3, -0.25) is 5.32 Å². The molecule has 2 unspecified atom stereocenters. The lowest BCUT2D eigenvalue weighted by Gasteiger charge is -2.19. The Kier molecular flexibility index (Phi) is 5.25. The second-order valence-corrected chi connectivity index (χ2v) is 3.99. The number of benzene rings is 1. The minimum Gasteiger partial charge on any atom is -0.493 e. The van der Waals surface area contributed by atoms with E-state index in [1.165, 1.54) is 0 Å². The molecule has 2 atom stereocenters. The first kappa shape index (κ1) is 13.8. The van der Waals surface area contributed by atoms with Crippen LogP contribution >= 0.6 is 0 Å². The lowest BCUT2D eigenvalue weighted by Crippen LogP contribution is -2.29. The second kappa shape index (κ2) is 6.47. The lowest BCUT2D eigenvalue weighted by molar-refractivity contribution is 0.125. The van der Waals surface area contributed by atoms with Gasteiger partial charge in [0.2, 0.25) is 0 Å². The molecule has 0 saturated carbocycles. The molecule has 0 amide bonds. The van der Waals surface area contributed by atoms with Crippen molar-refractivity contribution in [3.8, 4) is 11.5 Å². The van der Waals surface area contributed by atoms with E-state index in [1.54, 1.807) is 26.4 Å². The standard InChI is InChI=1S/C13H21NO3/c1-5-9(2)14-13(15)10-6-7-11(16-3)12(8-10)17-4/h6-9,13-15H,5H2,1-4H3. The highest BCUT2D eigenvalue weighted by Gasteiger charge is 2.12. The number of aliphatic hydroxyl groups excluding tert-OH is 1. The van der Waals surface area contributed by atoms with Crippen LogP contribution in [0.3, 0.4) is 0 Å². The van der Waals surface area contributed by atoms with E-state index in [4.69, 9.17) is 9.47 Å². The van der Waals surface area contributed by atoms with Crippen molar-refractivity contribution in [1.29, 1.82) is 0 Å². The largest absolute Gasteiger partial charge is 0.493 e. The zero-order chi connectivity index (χ0) is 12.8. The number of hydrogen-bond donors (Lipinski definition) is 2. The summed E-state index contributed by atoms with van der Waals surface area (Å²) in [6.45, 7) is 4.10. The molecule has 0 aliphatic heterocycles. The van der Waals surface area contributed by atoms with Crippen LogP contribution in [0.15, 0.2) is 18.2 Å². The summed E-state index contributed by atoms with van der Waals surface area (Å²) >= 11 is 0. The zero-order valence-corrected chi connectivity index (χ0v) is 10.9. The Hall–Kier alpha value is -1.26. The van der Waals surface area contributed by atoms with Crippen molar-refractivity contribution < 1.29 is 14.6 Å². The predicted octanol–water partition coefficient (Wildman–Crippen LogP) is 2.08. The van der Waals surface area contributed by atoms with Crippen molar-refractivity contribution >= 4 is 0 Å². The normalized spacial score (nSPS) is 14.2. The van der Waals surface area contributed by atoms with Crippen LogP contribution in [0.5, 0.6) is 11.5 Å². The third kappa shape index (κ3) is 3.61. The van der Waals surface area contributed by atoms with Crippen molar-refractivity contribution in [2.75, 3.05) is 14.2 Å². The molecule has 0 fully saturated rings. The van der Waals surface area contributed by atoms with Gasteiger partial charge in [-0.25, -0.2) is 0 Å². The maximum Gasteiger partial charge on any atom is 0.161 e. The smallest absolute Gasteiger partial charge is 0.161 e. The van der Waals surface area contributed by atoms with E-state index in [0.29, 0.717) is 11.5 Å². The summed E-state index contributed by atoms with van der Waals surface area (Å²) in [5.74, 6) is 1.28. The molecule has 0 aliphatic rings. The molecule has 0 spiro atoms. The fourth-order valence-corrected chi connectivity index (χ4v) is 1.51. The molecule has 0 bridgehead atoms. The zero-order valence-electron chi connectivity index (χ0n) is 10.9. The average molecular weight is 239 g/mol. The molecule has 4 heteroatoms. The Labute approximate surface area is 103 Å². The van der Waals surface area contributed by atoms with Crippen molar-refractivity contribution in [2.45, 2.75) is 32.5 Å². The topological polar surface area (TPSA) is 50.7 Å². The molecule has 96 valence electrons. The van der Waals surface area contributed by atoms with Crippen LogP contribution in [0.25, 0.3) is 0 Å². The van der Waals surface area contributed by atoms with Crippen molar-refractivity contribution in [3.63, 3.8) is 0 Å². The van der Waals surface area contributed by atoms with Gasteiger partial charge in [0.15, 0.2) is 11.5 Å². The minimum absolute atomic E-state index is 0.262. The maximum atomic E-state index is 10.00. The fourth-order valence-electron chi connectivity index (χ4n) is 1.51. The Balaban J connectivity index is 2.84. The quantitative estimate of drug-likeness (QED) is 0.746. The summed E-state index contributed by atoms with van der Waals surface area (Å²) in [4.78, 5) is 0. The molecule has 0 aliphatic carbocycles. The molecule has 1 aromatic rings. The third-order valence-corrected chi connectivity index (χ3v) is 2.78. The summed E-state index contributed by atoms with van der Waals surface area (Å²) in [6.07, 6.45) is 0.273. The van der Waals surface area contributed by atoms with Gasteiger partial charge in [0.1, 0.15) is 6.23 Å². The highest BCUT2D eigenvalue weighted by atomic mass is 16.5. The van der Waals surface area contributed by atoms with Crippen LogP contribution in [-0.4, -0.2) is 25.4 Å². The van der Waals surface area contributed by atoms with E-state index < -0.39 is 6.23 Å². The van der Waals surface area contributed by atoms with E-state index >= 15 is 0 Å². The van der Waals surface area contributed by atoms with E-state index in [1.807, 2.05) is 13.0 Å². The van der Waals surface area contributed by atoms with Gasteiger partial charge in [-0.05, 0) is 31.0 Å². The van der Waals surface area contributed by atoms with E-state index in [9.17, 15) is 5.11 Å². The van der Waals surface area contributed by atoms with Gasteiger partial charge in [-0.2, -0.15) is 0 Å². The van der Waals surface area contributed by atoms with Crippen molar-refractivity contribution in [1.82, 2.24) is 5.32 Å². The number of aliphatic hydroxyl groups is 1. The van der Waals surface area contributed by atoms with Gasteiger partial charge in [0.25, 0.3) is 0 Å². The maximum absolute atomic E-state index is 10.00. The molecule has 17 heavy (non-hydrogen) atoms. The van der Waals surface area contributed by atoms with Gasteiger partial charge >= 0.3 is 0 Å². The third-order valence-electron chi connectivity index (χ3n) is 2.78. The van der Waals surface area contributed by atoms with Gasteiger partial charge in [0.05, 0.1) is 14.2 Å². The number of ether oxygens (including phenoxy) is 2. The van der Waals surface area contributed by atoms with Crippen molar-refractivity contribution in [2.24, 2.45) is 0 Å². The summed E-state index contributed by atoms with van der Waals surface area (Å²) < 4.78 is 10.3. The molecule has 1 aromatic carbocycles. The second-order valence-electron chi connectivity index (χ2n) is 3.99. The van der Waals surface area contributed by atoms with Gasteiger partial charge in [-0.15, -0.1) is 0 Å². The number of rotatable bonds is 6. The molecular formula is C13H21NO3. The van der Waals surface area contributed by atoms with Crippen molar-refractivity contribution in [3.05, 3.63) is 23.8 Å². The average Bonchev–Trinajstić information content (AvgIpc) is 2.37. The molecule has 0 saturated heterocycles. The monoisotopic (exact) mass is 239 g/mol. The predicted molar refractivity (Wildman–Crippen MR) is 67.4 cm³/mol. The minimum atomic E-state index is -0.690. The van der Waals surface area contributed by atoms with Gasteiger partial charge < -0.3 is 14.6 Å². The van der Waals surface area contributed by atoms with E-state index in [-0.39, 0.29) is 6.04 Å². The first-order valence-corrected chi connectivity index (χ1v) is 5.78. The molecular weight excluding hydrogens is 218 g/mol. The Morgan fingerprint density at radius 3 is 2.41 bits per heavy atom. The highest BCUT2D eigenvalue weighted by Crippen LogP contribution is 2.29. The summed E-state index contributed by atoms with van der Waals surface area (Å²) in [5.41, 5.74) is 0.767. The summed E-state index contributed by atoms with van der Waals surface area (Å²) in [5, 5.41) is 13.1. The molecule has 0 heterocycles. The first-order valence-electron chi connectivity index (χ1n) is 5.78. The fraction of sp³-hybridized carbons (Fsp3) is 0.538. The number of methoxy groups -OCH3 is 2. The summed E-state index contributed by atoms with van der Waals surface area (Å²) in [6, 6.07) is 5.65. The van der Waals surface area contributed by atoms with Crippen LogP contribution in [0.2, 0.25) is 0 Å². The van der Waals surface area contributed by atoms with Crippen LogP contribution in [0, 0.1) is 0 Å². The van der Waals surface area contributed by atoms with E-state index in [2.05, 4.69) is 12.2 Å². The molecule has 0 radical (unpaired) electrons. The molecule has 1 rings (SSSR count). The van der Waals surface area contributed by atoms with Gasteiger partial charge in [-0.1, -0.05) is 13.0 Å². The van der Waals surface area contributed by atoms with Crippen LogP contribution in [-0.2, 0) is 0 Å². The number of nitrogens with one attached hydrogen (secondary N) is 1. The van der Waals surface area contributed by atoms with Crippen LogP contribution in [0.1, 0.15) is 32.1 Å². The van der Waals surface area contributed by atoms with Crippen LogP contribution < -0.4 is 14.8 Å². The molecule has 0 aromatic heterocycles. The number of hydrogen-bond acceptors (Lipinski definition) is 4. The Morgan fingerprint density at radius 1 is 1.24 bits per heavy atom. The van der Waals surface area contributed by atoms with Crippen LogP contribution in [0.4, 0.5) is 0 Å². The summed E-state index contributed by atoms with van der Waals surface area (Å²) in [7, 11) is 3.17.